The van der Waals surface area contributed by atoms with Crippen LogP contribution in [-0.4, -0.2) is 24.3 Å². The molecule has 2 aromatic rings. The molecule has 19 heavy (non-hydrogen) atoms. The van der Waals surface area contributed by atoms with Crippen molar-refractivity contribution in [2.75, 3.05) is 24.3 Å². The van der Waals surface area contributed by atoms with Crippen molar-refractivity contribution in [2.24, 2.45) is 0 Å². The molecule has 0 saturated heterocycles. The monoisotopic (exact) mass is 256 g/mol. The summed E-state index contributed by atoms with van der Waals surface area (Å²) in [5.41, 5.74) is 5.37. The summed E-state index contributed by atoms with van der Waals surface area (Å²) in [6.07, 6.45) is 1.79. The van der Waals surface area contributed by atoms with Gasteiger partial charge >= 0.3 is 0 Å². The Bertz CT molecular complexity index is 552. The molecule has 0 aliphatic carbocycles. The Morgan fingerprint density at radius 3 is 2.58 bits per heavy atom. The lowest BCUT2D eigenvalue weighted by atomic mass is 10.2. The third-order valence-corrected chi connectivity index (χ3v) is 3.00. The van der Waals surface area contributed by atoms with Crippen LogP contribution in [-0.2, 0) is 6.54 Å². The van der Waals surface area contributed by atoms with Crippen LogP contribution in [0.1, 0.15) is 18.2 Å². The Morgan fingerprint density at radius 1 is 1.32 bits per heavy atom. The largest absolute Gasteiger partial charge is 0.378 e. The minimum absolute atomic E-state index is 0.771. The highest BCUT2D eigenvalue weighted by Gasteiger charge is 2.05. The van der Waals surface area contributed by atoms with Gasteiger partial charge in [-0.05, 0) is 30.2 Å². The van der Waals surface area contributed by atoms with Gasteiger partial charge in [0.1, 0.15) is 0 Å². The fraction of sp³-hybridized carbons (Fsp3) is 0.267. The Balaban J connectivity index is 2.02. The van der Waals surface area contributed by atoms with Crippen LogP contribution in [0.4, 0.5) is 11.4 Å². The SMILES string of the molecule is C=C(C)c1[nH]ncc1NCc1ccc(N(C)C)cc1. The quantitative estimate of drug-likeness (QED) is 0.864. The summed E-state index contributed by atoms with van der Waals surface area (Å²) in [5.74, 6) is 0. The van der Waals surface area contributed by atoms with Crippen LogP contribution in [0.15, 0.2) is 37.0 Å². The van der Waals surface area contributed by atoms with E-state index in [0.717, 1.165) is 23.5 Å². The van der Waals surface area contributed by atoms with E-state index < -0.39 is 0 Å². The molecule has 1 aromatic heterocycles. The molecule has 0 radical (unpaired) electrons. The first kappa shape index (κ1) is 13.2. The zero-order chi connectivity index (χ0) is 13.8. The van der Waals surface area contributed by atoms with E-state index in [1.165, 1.54) is 11.3 Å². The summed E-state index contributed by atoms with van der Waals surface area (Å²) in [4.78, 5) is 2.09. The molecule has 4 nitrogen and oxygen atoms in total. The summed E-state index contributed by atoms with van der Waals surface area (Å²) in [7, 11) is 4.08. The highest BCUT2D eigenvalue weighted by Crippen LogP contribution is 2.20. The number of hydrogen-bond acceptors (Lipinski definition) is 3. The van der Waals surface area contributed by atoms with Gasteiger partial charge in [0, 0.05) is 26.3 Å². The highest BCUT2D eigenvalue weighted by molar-refractivity contribution is 5.70. The van der Waals surface area contributed by atoms with Crippen LogP contribution >= 0.6 is 0 Å². The lowest BCUT2D eigenvalue weighted by Gasteiger charge is -2.13. The maximum atomic E-state index is 4.04. The van der Waals surface area contributed by atoms with Crippen molar-refractivity contribution in [2.45, 2.75) is 13.5 Å². The topological polar surface area (TPSA) is 44.0 Å². The van der Waals surface area contributed by atoms with Crippen LogP contribution < -0.4 is 10.2 Å². The number of anilines is 2. The third kappa shape index (κ3) is 3.16. The molecule has 0 fully saturated rings. The molecule has 0 aliphatic heterocycles. The van der Waals surface area contributed by atoms with Crippen molar-refractivity contribution >= 4 is 16.9 Å². The van der Waals surface area contributed by atoms with Gasteiger partial charge in [-0.1, -0.05) is 18.7 Å². The molecular formula is C15H20N4. The zero-order valence-electron chi connectivity index (χ0n) is 11.7. The first-order valence-electron chi connectivity index (χ1n) is 6.27. The number of allylic oxidation sites excluding steroid dienone is 1. The summed E-state index contributed by atoms with van der Waals surface area (Å²) < 4.78 is 0. The van der Waals surface area contributed by atoms with E-state index in [9.17, 15) is 0 Å². The van der Waals surface area contributed by atoms with E-state index in [0.29, 0.717) is 0 Å². The zero-order valence-corrected chi connectivity index (χ0v) is 11.7. The predicted molar refractivity (Wildman–Crippen MR) is 81.4 cm³/mol. The van der Waals surface area contributed by atoms with E-state index >= 15 is 0 Å². The van der Waals surface area contributed by atoms with Gasteiger partial charge in [0.15, 0.2) is 0 Å². The second-order valence-electron chi connectivity index (χ2n) is 4.85. The average molecular weight is 256 g/mol. The van der Waals surface area contributed by atoms with E-state index in [-0.39, 0.29) is 0 Å². The van der Waals surface area contributed by atoms with Crippen molar-refractivity contribution in [1.29, 1.82) is 0 Å². The number of rotatable bonds is 5. The first-order valence-corrected chi connectivity index (χ1v) is 6.27. The summed E-state index contributed by atoms with van der Waals surface area (Å²) in [6, 6.07) is 8.49. The van der Waals surface area contributed by atoms with Gasteiger partial charge in [0.05, 0.1) is 17.6 Å². The number of aromatic amines is 1. The number of nitrogens with zero attached hydrogens (tertiary/aromatic N) is 2. The average Bonchev–Trinajstić information content (AvgIpc) is 2.85. The lowest BCUT2D eigenvalue weighted by Crippen LogP contribution is -2.08. The molecular weight excluding hydrogens is 236 g/mol. The van der Waals surface area contributed by atoms with Crippen molar-refractivity contribution in [3.8, 4) is 0 Å². The standard InChI is InChI=1S/C15H20N4/c1-11(2)15-14(10-17-18-15)16-9-12-5-7-13(8-6-12)19(3)4/h5-8,10,16H,1,9H2,2-4H3,(H,17,18). The van der Waals surface area contributed by atoms with Gasteiger partial charge in [0.25, 0.3) is 0 Å². The Kier molecular flexibility index (Phi) is 3.90. The van der Waals surface area contributed by atoms with Crippen molar-refractivity contribution in [3.63, 3.8) is 0 Å². The summed E-state index contributed by atoms with van der Waals surface area (Å²) in [6.45, 7) is 6.66. The predicted octanol–water partition coefficient (Wildman–Crippen LogP) is 3.12. The summed E-state index contributed by atoms with van der Waals surface area (Å²) in [5, 5.41) is 10.4. The normalized spacial score (nSPS) is 10.3. The molecule has 1 aromatic carbocycles. The van der Waals surface area contributed by atoms with Gasteiger partial charge in [-0.3, -0.25) is 5.10 Å². The van der Waals surface area contributed by atoms with Gasteiger partial charge in [-0.25, -0.2) is 0 Å². The van der Waals surface area contributed by atoms with E-state index in [4.69, 9.17) is 0 Å². The molecule has 0 amide bonds. The van der Waals surface area contributed by atoms with Crippen LogP contribution in [0.3, 0.4) is 0 Å². The number of H-pyrrole nitrogens is 1. The second-order valence-corrected chi connectivity index (χ2v) is 4.85. The molecule has 0 unspecified atom stereocenters. The molecule has 4 heteroatoms. The van der Waals surface area contributed by atoms with Crippen LogP contribution in [0, 0.1) is 0 Å². The third-order valence-electron chi connectivity index (χ3n) is 3.00. The van der Waals surface area contributed by atoms with Crippen molar-refractivity contribution in [3.05, 3.63) is 48.3 Å². The van der Waals surface area contributed by atoms with Crippen molar-refractivity contribution < 1.29 is 0 Å². The van der Waals surface area contributed by atoms with Gasteiger partial charge < -0.3 is 10.2 Å². The van der Waals surface area contributed by atoms with E-state index in [1.807, 2.05) is 21.0 Å². The van der Waals surface area contributed by atoms with Gasteiger partial charge in [-0.15, -0.1) is 0 Å². The fourth-order valence-electron chi connectivity index (χ4n) is 1.85. The number of hydrogen-bond donors (Lipinski definition) is 2. The maximum absolute atomic E-state index is 4.04. The summed E-state index contributed by atoms with van der Waals surface area (Å²) >= 11 is 0. The van der Waals surface area contributed by atoms with Gasteiger partial charge in [-0.2, -0.15) is 5.10 Å². The van der Waals surface area contributed by atoms with Crippen LogP contribution in [0.2, 0.25) is 0 Å². The second kappa shape index (κ2) is 5.61. The smallest absolute Gasteiger partial charge is 0.0833 e. The molecule has 1 heterocycles. The minimum atomic E-state index is 0.771. The Labute approximate surface area is 114 Å². The molecule has 0 spiro atoms. The molecule has 0 bridgehead atoms. The van der Waals surface area contributed by atoms with Gasteiger partial charge in [0.2, 0.25) is 0 Å². The Morgan fingerprint density at radius 2 is 2.00 bits per heavy atom. The maximum Gasteiger partial charge on any atom is 0.0833 e. The Hall–Kier alpha value is -2.23. The highest BCUT2D eigenvalue weighted by atomic mass is 15.1. The first-order chi connectivity index (χ1) is 9.08. The van der Waals surface area contributed by atoms with E-state index in [1.54, 1.807) is 6.20 Å². The van der Waals surface area contributed by atoms with Crippen molar-refractivity contribution in [1.82, 2.24) is 10.2 Å². The lowest BCUT2D eigenvalue weighted by molar-refractivity contribution is 1.07. The van der Waals surface area contributed by atoms with Crippen LogP contribution in [0.25, 0.3) is 5.57 Å². The number of benzene rings is 1. The molecule has 0 aliphatic rings. The molecule has 2 rings (SSSR count). The van der Waals surface area contributed by atoms with E-state index in [2.05, 4.69) is 51.3 Å². The molecule has 2 N–H and O–H groups in total. The molecule has 100 valence electrons. The fourth-order valence-corrected chi connectivity index (χ4v) is 1.85. The number of aromatic nitrogens is 2. The molecule has 0 atom stereocenters. The molecule has 0 saturated carbocycles. The van der Waals surface area contributed by atoms with Crippen LogP contribution in [0.5, 0.6) is 0 Å². The number of nitrogens with one attached hydrogen (secondary N) is 2. The minimum Gasteiger partial charge on any atom is -0.378 e.